The molecule has 1 N–H and O–H groups in total. The summed E-state index contributed by atoms with van der Waals surface area (Å²) in [6, 6.07) is 3.97. The summed E-state index contributed by atoms with van der Waals surface area (Å²) in [6.45, 7) is 10.9. The number of rotatable bonds is 10. The Kier molecular flexibility index (Phi) is 8.95. The average molecular weight is 476 g/mol. The van der Waals surface area contributed by atoms with Crippen molar-refractivity contribution >= 4 is 17.5 Å². The van der Waals surface area contributed by atoms with Crippen LogP contribution in [0.2, 0.25) is 0 Å². The van der Waals surface area contributed by atoms with Crippen molar-refractivity contribution in [2.75, 3.05) is 52.0 Å². The Morgan fingerprint density at radius 1 is 1.29 bits per heavy atom. The number of benzene rings is 1. The van der Waals surface area contributed by atoms with Gasteiger partial charge in [0.25, 0.3) is 11.8 Å². The van der Waals surface area contributed by atoms with Crippen LogP contribution in [-0.4, -0.2) is 81.5 Å². The predicted octanol–water partition coefficient (Wildman–Crippen LogP) is 3.15. The zero-order chi connectivity index (χ0) is 24.9. The van der Waals surface area contributed by atoms with Crippen molar-refractivity contribution in [3.63, 3.8) is 0 Å². The fraction of sp³-hybridized carbons (Fsp3) is 0.692. The molecule has 0 saturated carbocycles. The molecule has 0 aromatic heterocycles. The van der Waals surface area contributed by atoms with E-state index in [0.29, 0.717) is 30.2 Å². The molecule has 1 aromatic carbocycles. The topological polar surface area (TPSA) is 80.3 Å². The van der Waals surface area contributed by atoms with Gasteiger partial charge in [-0.1, -0.05) is 0 Å². The Bertz CT molecular complexity index is 868. The minimum absolute atomic E-state index is 0.000934. The first-order valence-electron chi connectivity index (χ1n) is 12.4. The van der Waals surface area contributed by atoms with Crippen LogP contribution in [0.1, 0.15) is 62.4 Å². The van der Waals surface area contributed by atoms with Gasteiger partial charge in [0.1, 0.15) is 5.75 Å². The SMILES string of the molecule is COCCCCN1C(=O)[C@](C)(COC)Oc2cc(C)c(C(=O)N(C(C)C)[C@@H]3CCCNC3)cc21. The predicted molar refractivity (Wildman–Crippen MR) is 133 cm³/mol. The van der Waals surface area contributed by atoms with E-state index in [4.69, 9.17) is 14.2 Å². The number of nitrogens with zero attached hydrogens (tertiary/aromatic N) is 2. The third kappa shape index (κ3) is 5.56. The number of aryl methyl sites for hydroxylation is 1. The molecule has 1 aromatic rings. The van der Waals surface area contributed by atoms with Crippen LogP contribution in [0.25, 0.3) is 0 Å². The van der Waals surface area contributed by atoms with Gasteiger partial charge in [-0.05, 0) is 77.6 Å². The van der Waals surface area contributed by atoms with Crippen LogP contribution >= 0.6 is 0 Å². The van der Waals surface area contributed by atoms with Crippen molar-refractivity contribution in [2.24, 2.45) is 0 Å². The third-order valence-corrected chi connectivity index (χ3v) is 6.71. The van der Waals surface area contributed by atoms with Crippen LogP contribution in [0.3, 0.4) is 0 Å². The van der Waals surface area contributed by atoms with Crippen LogP contribution in [0.5, 0.6) is 5.75 Å². The minimum Gasteiger partial charge on any atom is -0.473 e. The second-order valence-electron chi connectivity index (χ2n) is 9.86. The maximum atomic E-state index is 13.8. The number of methoxy groups -OCH3 is 2. The fourth-order valence-electron chi connectivity index (χ4n) is 5.01. The molecule has 34 heavy (non-hydrogen) atoms. The number of piperidine rings is 1. The molecule has 1 saturated heterocycles. The van der Waals surface area contributed by atoms with Crippen LogP contribution in [0, 0.1) is 6.92 Å². The fourth-order valence-corrected chi connectivity index (χ4v) is 5.01. The number of anilines is 1. The van der Waals surface area contributed by atoms with E-state index in [0.717, 1.165) is 44.3 Å². The van der Waals surface area contributed by atoms with Crippen molar-refractivity contribution in [1.82, 2.24) is 10.2 Å². The van der Waals surface area contributed by atoms with Gasteiger partial charge in [0.2, 0.25) is 5.60 Å². The molecule has 0 aliphatic carbocycles. The highest BCUT2D eigenvalue weighted by Crippen LogP contribution is 2.40. The van der Waals surface area contributed by atoms with E-state index in [1.165, 1.54) is 0 Å². The van der Waals surface area contributed by atoms with Gasteiger partial charge < -0.3 is 29.3 Å². The Balaban J connectivity index is 1.98. The second kappa shape index (κ2) is 11.5. The Morgan fingerprint density at radius 2 is 2.06 bits per heavy atom. The van der Waals surface area contributed by atoms with Crippen molar-refractivity contribution in [3.05, 3.63) is 23.3 Å². The molecule has 2 heterocycles. The van der Waals surface area contributed by atoms with Crippen LogP contribution in [-0.2, 0) is 14.3 Å². The van der Waals surface area contributed by atoms with E-state index in [1.54, 1.807) is 26.0 Å². The smallest absolute Gasteiger partial charge is 0.273 e. The Labute approximate surface area is 203 Å². The summed E-state index contributed by atoms with van der Waals surface area (Å²) in [4.78, 5) is 31.1. The first-order chi connectivity index (χ1) is 16.2. The molecule has 0 spiro atoms. The summed E-state index contributed by atoms with van der Waals surface area (Å²) in [5, 5.41) is 3.42. The Hall–Kier alpha value is -2.16. The molecule has 2 aliphatic heterocycles. The van der Waals surface area contributed by atoms with E-state index in [2.05, 4.69) is 19.2 Å². The first-order valence-corrected chi connectivity index (χ1v) is 12.4. The lowest BCUT2D eigenvalue weighted by Gasteiger charge is -2.41. The monoisotopic (exact) mass is 475 g/mol. The normalized spacial score (nSPS) is 22.5. The molecule has 190 valence electrons. The van der Waals surface area contributed by atoms with E-state index in [-0.39, 0.29) is 30.5 Å². The number of carbonyl (C=O) groups is 2. The minimum atomic E-state index is -1.11. The molecule has 0 unspecified atom stereocenters. The van der Waals surface area contributed by atoms with Crippen molar-refractivity contribution < 1.29 is 23.8 Å². The average Bonchev–Trinajstić information content (AvgIpc) is 2.79. The zero-order valence-corrected chi connectivity index (χ0v) is 21.6. The van der Waals surface area contributed by atoms with Crippen LogP contribution in [0.4, 0.5) is 5.69 Å². The van der Waals surface area contributed by atoms with E-state index in [9.17, 15) is 9.59 Å². The third-order valence-electron chi connectivity index (χ3n) is 6.71. The van der Waals surface area contributed by atoms with Crippen molar-refractivity contribution in [1.29, 1.82) is 0 Å². The standard InChI is InChI=1S/C26H41N3O5/c1-18(2)29(20-10-9-11-27-16-20)24(30)21-15-22-23(14-19(21)3)34-26(4,17-33-6)25(31)28(22)12-7-8-13-32-5/h14-15,18,20,27H,7-13,16-17H2,1-6H3/t20-,26+/m1/s1. The van der Waals surface area contributed by atoms with Gasteiger partial charge >= 0.3 is 0 Å². The molecule has 3 rings (SSSR count). The van der Waals surface area contributed by atoms with Crippen molar-refractivity contribution in [3.8, 4) is 5.75 Å². The number of nitrogens with one attached hydrogen (secondary N) is 1. The number of fused-ring (bicyclic) bond motifs is 1. The number of ether oxygens (including phenoxy) is 3. The summed E-state index contributed by atoms with van der Waals surface area (Å²) in [5.74, 6) is 0.454. The Morgan fingerprint density at radius 3 is 2.68 bits per heavy atom. The summed E-state index contributed by atoms with van der Waals surface area (Å²) in [6.07, 6.45) is 3.67. The summed E-state index contributed by atoms with van der Waals surface area (Å²) < 4.78 is 16.7. The van der Waals surface area contributed by atoms with Crippen LogP contribution < -0.4 is 15.0 Å². The van der Waals surface area contributed by atoms with Crippen LogP contribution in [0.15, 0.2) is 12.1 Å². The van der Waals surface area contributed by atoms with E-state index in [1.807, 2.05) is 24.0 Å². The van der Waals surface area contributed by atoms with Gasteiger partial charge in [-0.15, -0.1) is 0 Å². The maximum Gasteiger partial charge on any atom is 0.273 e. The highest BCUT2D eigenvalue weighted by atomic mass is 16.5. The lowest BCUT2D eigenvalue weighted by molar-refractivity contribution is -0.138. The maximum absolute atomic E-state index is 13.8. The molecule has 8 heteroatoms. The summed E-state index contributed by atoms with van der Waals surface area (Å²) >= 11 is 0. The molecular formula is C26H41N3O5. The van der Waals surface area contributed by atoms with Crippen molar-refractivity contribution in [2.45, 2.75) is 71.1 Å². The molecule has 2 aliphatic rings. The lowest BCUT2D eigenvalue weighted by Crippen LogP contribution is -2.57. The second-order valence-corrected chi connectivity index (χ2v) is 9.86. The number of amides is 2. The largest absolute Gasteiger partial charge is 0.473 e. The molecular weight excluding hydrogens is 434 g/mol. The molecule has 0 radical (unpaired) electrons. The number of hydrogen-bond donors (Lipinski definition) is 1. The number of hydrogen-bond acceptors (Lipinski definition) is 6. The van der Waals surface area contributed by atoms with Gasteiger partial charge in [-0.25, -0.2) is 0 Å². The van der Waals surface area contributed by atoms with Gasteiger partial charge in [0, 0.05) is 51.6 Å². The van der Waals surface area contributed by atoms with Gasteiger partial charge in [0.05, 0.1) is 12.3 Å². The highest BCUT2D eigenvalue weighted by Gasteiger charge is 2.45. The van der Waals surface area contributed by atoms with E-state index >= 15 is 0 Å². The highest BCUT2D eigenvalue weighted by molar-refractivity contribution is 6.05. The molecule has 8 nitrogen and oxygen atoms in total. The first kappa shape index (κ1) is 26.4. The molecule has 2 amide bonds. The molecule has 1 fully saturated rings. The van der Waals surface area contributed by atoms with Gasteiger partial charge in [-0.2, -0.15) is 0 Å². The number of unbranched alkanes of at least 4 members (excludes halogenated alkanes) is 1. The summed E-state index contributed by atoms with van der Waals surface area (Å²) in [5.41, 5.74) is 0.993. The molecule has 0 bridgehead atoms. The van der Waals surface area contributed by atoms with Gasteiger partial charge in [-0.3, -0.25) is 9.59 Å². The lowest BCUT2D eigenvalue weighted by atomic mass is 9.97. The quantitative estimate of drug-likeness (QED) is 0.524. The van der Waals surface area contributed by atoms with Gasteiger partial charge in [0.15, 0.2) is 0 Å². The molecule has 2 atom stereocenters. The zero-order valence-electron chi connectivity index (χ0n) is 21.6. The number of carbonyl (C=O) groups excluding carboxylic acids is 2. The summed E-state index contributed by atoms with van der Waals surface area (Å²) in [7, 11) is 3.24. The van der Waals surface area contributed by atoms with E-state index < -0.39 is 5.60 Å².